The number of hydrogen-bond donors (Lipinski definition) is 2. The van der Waals surface area contributed by atoms with Gasteiger partial charge in [0.1, 0.15) is 5.75 Å². The third-order valence-electron chi connectivity index (χ3n) is 3.47. The lowest BCUT2D eigenvalue weighted by Gasteiger charge is -2.10. The minimum Gasteiger partial charge on any atom is -0.497 e. The van der Waals surface area contributed by atoms with Crippen molar-refractivity contribution < 1.29 is 9.53 Å². The fraction of sp³-hybridized carbons (Fsp3) is 0.333. The van der Waals surface area contributed by atoms with Crippen LogP contribution in [0.3, 0.4) is 0 Å². The summed E-state index contributed by atoms with van der Waals surface area (Å²) in [5.74, 6) is 0.417. The van der Waals surface area contributed by atoms with Gasteiger partial charge in [-0.15, -0.1) is 12.4 Å². The van der Waals surface area contributed by atoms with E-state index in [1.807, 2.05) is 13.8 Å². The van der Waals surface area contributed by atoms with Crippen molar-refractivity contribution in [2.75, 3.05) is 18.2 Å². The average molecular weight is 358 g/mol. The number of aromatic nitrogens is 1. The highest BCUT2D eigenvalue weighted by Gasteiger charge is 2.11. The number of rotatable bonds is 5. The van der Waals surface area contributed by atoms with Crippen molar-refractivity contribution in [2.24, 2.45) is 0 Å². The Morgan fingerprint density at radius 3 is 2.65 bits per heavy atom. The molecule has 3 N–H and O–H groups in total. The van der Waals surface area contributed by atoms with E-state index in [-0.39, 0.29) is 29.6 Å². The largest absolute Gasteiger partial charge is 0.497 e. The molecule has 126 valence electrons. The van der Waals surface area contributed by atoms with Gasteiger partial charge in [-0.25, -0.2) is 0 Å². The van der Waals surface area contributed by atoms with Gasteiger partial charge in [0.2, 0.25) is 5.91 Å². The predicted octanol–water partition coefficient (Wildman–Crippen LogP) is 2.57. The maximum absolute atomic E-state index is 12.0. The number of hydrogen-bond acceptors (Lipinski definition) is 5. The molecule has 0 fully saturated rings. The third-order valence-corrected chi connectivity index (χ3v) is 4.47. The Labute approximate surface area is 144 Å². The summed E-state index contributed by atoms with van der Waals surface area (Å²) in [6.45, 7) is 4.13. The normalized spacial score (nSPS) is 10.0. The minimum atomic E-state index is -0.199. The predicted molar refractivity (Wildman–Crippen MR) is 96.0 cm³/mol. The molecule has 1 aromatic heterocycles. The zero-order valence-electron chi connectivity index (χ0n) is 13.2. The summed E-state index contributed by atoms with van der Waals surface area (Å²) >= 11 is 1.20. The van der Waals surface area contributed by atoms with Crippen LogP contribution in [0.25, 0.3) is 0 Å². The van der Waals surface area contributed by atoms with Gasteiger partial charge in [0.25, 0.3) is 0 Å². The molecule has 0 saturated heterocycles. The second-order valence-electron chi connectivity index (χ2n) is 4.91. The molecule has 2 aromatic rings. The fourth-order valence-corrected chi connectivity index (χ4v) is 2.90. The van der Waals surface area contributed by atoms with Crippen LogP contribution in [0.2, 0.25) is 0 Å². The maximum atomic E-state index is 12.0. The van der Waals surface area contributed by atoms with Crippen molar-refractivity contribution in [1.29, 1.82) is 0 Å². The molecule has 0 spiro atoms. The third kappa shape index (κ3) is 4.49. The molecule has 23 heavy (non-hydrogen) atoms. The Morgan fingerprint density at radius 2 is 2.09 bits per heavy atom. The molecule has 0 radical (unpaired) electrons. The maximum Gasteiger partial charge on any atom is 0.307 e. The summed E-state index contributed by atoms with van der Waals surface area (Å²) in [5, 5.41) is 2.74. The number of amides is 1. The molecule has 0 aliphatic rings. The Bertz CT molecular complexity index is 755. The SMILES string of the molecule is COc1ccc(N)c(NC(=O)CCn2c(C)c(C)sc2=O)c1.Cl. The van der Waals surface area contributed by atoms with E-state index < -0.39 is 0 Å². The highest BCUT2D eigenvalue weighted by molar-refractivity contribution is 7.09. The van der Waals surface area contributed by atoms with Crippen molar-refractivity contribution in [2.45, 2.75) is 26.8 Å². The number of nitrogen functional groups attached to an aromatic ring is 1. The van der Waals surface area contributed by atoms with Crippen LogP contribution < -0.4 is 20.7 Å². The van der Waals surface area contributed by atoms with Crippen LogP contribution in [0.4, 0.5) is 11.4 Å². The van der Waals surface area contributed by atoms with Crippen LogP contribution in [0.15, 0.2) is 23.0 Å². The first-order chi connectivity index (χ1) is 10.4. The van der Waals surface area contributed by atoms with E-state index in [0.717, 1.165) is 10.6 Å². The van der Waals surface area contributed by atoms with Gasteiger partial charge >= 0.3 is 4.87 Å². The number of nitrogens with one attached hydrogen (secondary N) is 1. The summed E-state index contributed by atoms with van der Waals surface area (Å²) in [4.78, 5) is 24.8. The number of benzene rings is 1. The molecule has 0 aliphatic carbocycles. The number of anilines is 2. The Hall–Kier alpha value is -1.99. The molecule has 6 nitrogen and oxygen atoms in total. The Kier molecular flexibility index (Phi) is 6.65. The van der Waals surface area contributed by atoms with Gasteiger partial charge in [-0.2, -0.15) is 0 Å². The summed E-state index contributed by atoms with van der Waals surface area (Å²) in [6, 6.07) is 5.06. The molecule has 0 atom stereocenters. The summed E-state index contributed by atoms with van der Waals surface area (Å²) < 4.78 is 6.72. The summed E-state index contributed by atoms with van der Waals surface area (Å²) in [7, 11) is 1.55. The number of nitrogens with zero attached hydrogens (tertiary/aromatic N) is 1. The standard InChI is InChI=1S/C15H19N3O3S.ClH/c1-9-10(2)22-15(20)18(9)7-6-14(19)17-13-8-11(21-3)4-5-12(13)16;/h4-5,8H,6-7,16H2,1-3H3,(H,17,19);1H. The zero-order chi connectivity index (χ0) is 16.3. The van der Waals surface area contributed by atoms with Gasteiger partial charge in [0.15, 0.2) is 0 Å². The van der Waals surface area contributed by atoms with Crippen molar-refractivity contribution in [3.05, 3.63) is 38.4 Å². The second-order valence-corrected chi connectivity index (χ2v) is 6.08. The number of aryl methyl sites for hydroxylation is 1. The lowest BCUT2D eigenvalue weighted by atomic mass is 10.2. The Balaban J connectivity index is 0.00000264. The first-order valence-electron chi connectivity index (χ1n) is 6.82. The molecule has 1 amide bonds. The number of methoxy groups -OCH3 is 1. The highest BCUT2D eigenvalue weighted by atomic mass is 35.5. The molecule has 0 unspecified atom stereocenters. The van der Waals surface area contributed by atoms with E-state index in [4.69, 9.17) is 10.5 Å². The number of nitrogens with two attached hydrogens (primary N) is 1. The summed E-state index contributed by atoms with van der Waals surface area (Å²) in [6.07, 6.45) is 0.202. The van der Waals surface area contributed by atoms with Crippen LogP contribution in [0.1, 0.15) is 17.0 Å². The minimum absolute atomic E-state index is 0. The molecule has 1 aromatic carbocycles. The smallest absolute Gasteiger partial charge is 0.307 e. The molecule has 2 rings (SSSR count). The first kappa shape index (κ1) is 19.1. The quantitative estimate of drug-likeness (QED) is 0.805. The van der Waals surface area contributed by atoms with E-state index in [2.05, 4.69) is 5.32 Å². The van der Waals surface area contributed by atoms with E-state index in [9.17, 15) is 9.59 Å². The molecular weight excluding hydrogens is 338 g/mol. The average Bonchev–Trinajstić information content (AvgIpc) is 2.72. The molecule has 1 heterocycles. The first-order valence-corrected chi connectivity index (χ1v) is 7.64. The lowest BCUT2D eigenvalue weighted by molar-refractivity contribution is -0.116. The van der Waals surface area contributed by atoms with E-state index in [1.165, 1.54) is 11.3 Å². The van der Waals surface area contributed by atoms with Gasteiger partial charge in [-0.05, 0) is 26.0 Å². The molecule has 8 heteroatoms. The number of thiazole rings is 1. The van der Waals surface area contributed by atoms with Crippen molar-refractivity contribution in [3.63, 3.8) is 0 Å². The van der Waals surface area contributed by atoms with Gasteiger partial charge < -0.3 is 20.4 Å². The van der Waals surface area contributed by atoms with Crippen LogP contribution in [0.5, 0.6) is 5.75 Å². The highest BCUT2D eigenvalue weighted by Crippen LogP contribution is 2.24. The van der Waals surface area contributed by atoms with Gasteiger partial charge in [0.05, 0.1) is 18.5 Å². The van der Waals surface area contributed by atoms with Crippen LogP contribution >= 0.6 is 23.7 Å². The molecular formula is C15H20ClN3O3S. The van der Waals surface area contributed by atoms with E-state index in [1.54, 1.807) is 29.9 Å². The number of ether oxygens (including phenoxy) is 1. The van der Waals surface area contributed by atoms with Gasteiger partial charge in [-0.1, -0.05) is 11.3 Å². The molecule has 0 saturated carbocycles. The number of halogens is 1. The monoisotopic (exact) mass is 357 g/mol. The summed E-state index contributed by atoms with van der Waals surface area (Å²) in [5.41, 5.74) is 7.71. The molecule has 0 bridgehead atoms. The van der Waals surface area contributed by atoms with Crippen LogP contribution in [-0.2, 0) is 11.3 Å². The zero-order valence-corrected chi connectivity index (χ0v) is 14.8. The van der Waals surface area contributed by atoms with Crippen molar-refractivity contribution in [3.8, 4) is 5.75 Å². The van der Waals surface area contributed by atoms with E-state index >= 15 is 0 Å². The second kappa shape index (κ2) is 8.03. The van der Waals surface area contributed by atoms with Crippen molar-refractivity contribution in [1.82, 2.24) is 4.57 Å². The van der Waals surface area contributed by atoms with Crippen LogP contribution in [-0.4, -0.2) is 17.6 Å². The lowest BCUT2D eigenvalue weighted by Crippen LogP contribution is -2.20. The van der Waals surface area contributed by atoms with Gasteiger partial charge in [-0.3, -0.25) is 9.59 Å². The topological polar surface area (TPSA) is 86.3 Å². The Morgan fingerprint density at radius 1 is 1.39 bits per heavy atom. The fourth-order valence-electron chi connectivity index (χ4n) is 2.04. The number of carbonyl (C=O) groups excluding carboxylic acids is 1. The van der Waals surface area contributed by atoms with Gasteiger partial charge in [0, 0.05) is 29.6 Å². The van der Waals surface area contributed by atoms with E-state index in [0.29, 0.717) is 23.7 Å². The number of carbonyl (C=O) groups is 1. The molecule has 0 aliphatic heterocycles. The van der Waals surface area contributed by atoms with Crippen molar-refractivity contribution >= 4 is 41.0 Å². The van der Waals surface area contributed by atoms with Crippen LogP contribution in [0, 0.1) is 13.8 Å².